The Morgan fingerprint density at radius 2 is 1.26 bits per heavy atom. The Kier molecular flexibility index (Phi) is 5.37. The normalized spacial score (nSPS) is 12.7. The first-order chi connectivity index (χ1) is 9.29. The summed E-state index contributed by atoms with van der Waals surface area (Å²) in [4.78, 5) is 2.61. The lowest BCUT2D eigenvalue weighted by Crippen LogP contribution is -2.34. The van der Waals surface area contributed by atoms with Gasteiger partial charge in [-0.15, -0.1) is 0 Å². The van der Waals surface area contributed by atoms with Crippen LogP contribution in [0.25, 0.3) is 0 Å². The smallest absolute Gasteiger partial charge is 0.0244 e. The first-order valence-electron chi connectivity index (χ1n) is 7.11. The predicted molar refractivity (Wildman–Crippen MR) is 86.1 cm³/mol. The molecule has 0 saturated carbocycles. The highest BCUT2D eigenvalue weighted by molar-refractivity contribution is 6.11. The molecule has 0 spiro atoms. The highest BCUT2D eigenvalue weighted by atomic mass is 28.1. The third-order valence-corrected chi connectivity index (χ3v) is 5.22. The maximum absolute atomic E-state index is 2.61. The summed E-state index contributed by atoms with van der Waals surface area (Å²) in [5, 5.41) is 0. The molecule has 2 aromatic carbocycles. The van der Waals surface area contributed by atoms with Gasteiger partial charge in [0, 0.05) is 23.3 Å². The summed E-state index contributed by atoms with van der Waals surface area (Å²) in [6, 6.07) is 21.6. The average Bonchev–Trinajstić information content (AvgIpc) is 2.48. The Labute approximate surface area is 119 Å². The molecule has 0 fully saturated rings. The van der Waals surface area contributed by atoms with Crippen molar-refractivity contribution in [2.75, 3.05) is 0 Å². The van der Waals surface area contributed by atoms with Crippen LogP contribution in [0.1, 0.15) is 24.5 Å². The van der Waals surface area contributed by atoms with Crippen LogP contribution in [0.2, 0.25) is 0 Å². The van der Waals surface area contributed by atoms with Gasteiger partial charge in [0.1, 0.15) is 0 Å². The largest absolute Gasteiger partial charge is 0.296 e. The van der Waals surface area contributed by atoms with Crippen LogP contribution in [0, 0.1) is 0 Å². The molecule has 1 nitrogen and oxygen atoms in total. The Hall–Kier alpha value is -1.38. The molecule has 19 heavy (non-hydrogen) atoms. The summed E-state index contributed by atoms with van der Waals surface area (Å²) in [7, 11) is 1.22. The monoisotopic (exact) mass is 269 g/mol. The summed E-state index contributed by atoms with van der Waals surface area (Å²) in [5.41, 5.74) is 3.56. The van der Waals surface area contributed by atoms with E-state index in [4.69, 9.17) is 0 Å². The number of hydrogen-bond acceptors (Lipinski definition) is 1. The molecule has 0 bridgehead atoms. The molecule has 2 aromatic rings. The fourth-order valence-electron chi connectivity index (χ4n) is 2.26. The van der Waals surface area contributed by atoms with E-state index < -0.39 is 0 Å². The average molecular weight is 269 g/mol. The zero-order chi connectivity index (χ0) is 13.5. The van der Waals surface area contributed by atoms with Gasteiger partial charge in [-0.25, -0.2) is 0 Å². The molecule has 0 aliphatic rings. The zero-order valence-electron chi connectivity index (χ0n) is 11.9. The highest BCUT2D eigenvalue weighted by Crippen LogP contribution is 2.13. The molecular weight excluding hydrogens is 246 g/mol. The molecule has 0 amide bonds. The van der Waals surface area contributed by atoms with Gasteiger partial charge >= 0.3 is 0 Å². The van der Waals surface area contributed by atoms with E-state index in [0.29, 0.717) is 0 Å². The van der Waals surface area contributed by atoms with Crippen LogP contribution in [0.3, 0.4) is 0 Å². The second-order valence-electron chi connectivity index (χ2n) is 5.13. The molecule has 0 heterocycles. The van der Waals surface area contributed by atoms with Crippen molar-refractivity contribution in [3.8, 4) is 0 Å². The standard InChI is InChI=1S/C17H23NSi/c1-2-17(19)18(13-15-9-5-3-6-10-15)14-16-11-7-4-8-12-16/h3-12,17H,2,13-14H2,1,19H3. The van der Waals surface area contributed by atoms with Crippen LogP contribution in [0.15, 0.2) is 60.7 Å². The maximum Gasteiger partial charge on any atom is 0.0244 e. The summed E-state index contributed by atoms with van der Waals surface area (Å²) >= 11 is 0. The molecule has 1 unspecified atom stereocenters. The SMILES string of the molecule is CCC([SiH3])N(Cc1ccccc1)Cc1ccccc1. The van der Waals surface area contributed by atoms with Crippen LogP contribution in [-0.2, 0) is 13.1 Å². The molecule has 2 rings (SSSR count). The first kappa shape index (κ1) is 14.0. The number of hydrogen-bond donors (Lipinski definition) is 0. The van der Waals surface area contributed by atoms with E-state index in [9.17, 15) is 0 Å². The van der Waals surface area contributed by atoms with Gasteiger partial charge in [-0.3, -0.25) is 4.90 Å². The van der Waals surface area contributed by atoms with E-state index in [2.05, 4.69) is 72.5 Å². The Balaban J connectivity index is 2.08. The first-order valence-corrected chi connectivity index (χ1v) is 8.27. The summed E-state index contributed by atoms with van der Waals surface area (Å²) in [6.07, 6.45) is 1.24. The van der Waals surface area contributed by atoms with E-state index in [0.717, 1.165) is 18.8 Å². The summed E-state index contributed by atoms with van der Waals surface area (Å²) in [5.74, 6) is 0. The van der Waals surface area contributed by atoms with Crippen molar-refractivity contribution in [1.82, 2.24) is 4.90 Å². The lowest BCUT2D eigenvalue weighted by Gasteiger charge is -2.28. The molecular formula is C17H23NSi. The van der Waals surface area contributed by atoms with Crippen molar-refractivity contribution >= 4 is 10.2 Å². The zero-order valence-corrected chi connectivity index (χ0v) is 13.9. The number of benzene rings is 2. The number of rotatable bonds is 6. The lowest BCUT2D eigenvalue weighted by atomic mass is 10.1. The fourth-order valence-corrected chi connectivity index (χ4v) is 2.63. The lowest BCUT2D eigenvalue weighted by molar-refractivity contribution is 0.228. The van der Waals surface area contributed by atoms with Gasteiger partial charge in [0.25, 0.3) is 0 Å². The molecule has 0 radical (unpaired) electrons. The Bertz CT molecular complexity index is 428. The molecule has 0 N–H and O–H groups in total. The van der Waals surface area contributed by atoms with E-state index in [-0.39, 0.29) is 0 Å². The molecule has 0 saturated heterocycles. The topological polar surface area (TPSA) is 3.24 Å². The fraction of sp³-hybridized carbons (Fsp3) is 0.294. The third-order valence-electron chi connectivity index (χ3n) is 3.67. The minimum absolute atomic E-state index is 0.736. The second-order valence-corrected chi connectivity index (χ2v) is 6.47. The Morgan fingerprint density at radius 1 is 0.842 bits per heavy atom. The molecule has 0 aliphatic heterocycles. The third kappa shape index (κ3) is 4.34. The van der Waals surface area contributed by atoms with Crippen LogP contribution >= 0.6 is 0 Å². The van der Waals surface area contributed by atoms with Crippen molar-refractivity contribution in [3.63, 3.8) is 0 Å². The molecule has 0 aromatic heterocycles. The van der Waals surface area contributed by atoms with Crippen LogP contribution in [-0.4, -0.2) is 20.8 Å². The van der Waals surface area contributed by atoms with Crippen LogP contribution in [0.4, 0.5) is 0 Å². The van der Waals surface area contributed by atoms with Crippen molar-refractivity contribution in [2.45, 2.75) is 32.1 Å². The second kappa shape index (κ2) is 7.27. The van der Waals surface area contributed by atoms with Gasteiger partial charge in [0.15, 0.2) is 0 Å². The molecule has 0 aliphatic carbocycles. The van der Waals surface area contributed by atoms with Gasteiger partial charge in [-0.2, -0.15) is 0 Å². The van der Waals surface area contributed by atoms with E-state index in [1.54, 1.807) is 0 Å². The van der Waals surface area contributed by atoms with Crippen LogP contribution < -0.4 is 0 Å². The molecule has 1 atom stereocenters. The van der Waals surface area contributed by atoms with E-state index >= 15 is 0 Å². The Morgan fingerprint density at radius 3 is 1.63 bits per heavy atom. The molecule has 100 valence electrons. The van der Waals surface area contributed by atoms with Crippen molar-refractivity contribution in [2.24, 2.45) is 0 Å². The summed E-state index contributed by atoms with van der Waals surface area (Å²) < 4.78 is 0. The minimum atomic E-state index is 0.736. The van der Waals surface area contributed by atoms with Crippen molar-refractivity contribution < 1.29 is 0 Å². The number of nitrogens with zero attached hydrogens (tertiary/aromatic N) is 1. The van der Waals surface area contributed by atoms with Gasteiger partial charge in [-0.1, -0.05) is 67.6 Å². The molecule has 2 heteroatoms. The van der Waals surface area contributed by atoms with Crippen molar-refractivity contribution in [3.05, 3.63) is 71.8 Å². The minimum Gasteiger partial charge on any atom is -0.296 e. The van der Waals surface area contributed by atoms with Gasteiger partial charge in [0.05, 0.1) is 0 Å². The van der Waals surface area contributed by atoms with Gasteiger partial charge in [0.2, 0.25) is 0 Å². The summed E-state index contributed by atoms with van der Waals surface area (Å²) in [6.45, 7) is 4.40. The maximum atomic E-state index is 2.61. The highest BCUT2D eigenvalue weighted by Gasteiger charge is 2.12. The van der Waals surface area contributed by atoms with Crippen LogP contribution in [0.5, 0.6) is 0 Å². The predicted octanol–water partition coefficient (Wildman–Crippen LogP) is 2.79. The van der Waals surface area contributed by atoms with Gasteiger partial charge in [-0.05, 0) is 23.2 Å². The van der Waals surface area contributed by atoms with E-state index in [1.807, 2.05) is 0 Å². The van der Waals surface area contributed by atoms with Crippen molar-refractivity contribution in [1.29, 1.82) is 0 Å². The van der Waals surface area contributed by atoms with E-state index in [1.165, 1.54) is 27.8 Å². The quantitative estimate of drug-likeness (QED) is 0.729. The van der Waals surface area contributed by atoms with Gasteiger partial charge < -0.3 is 0 Å².